The molecule has 0 spiro atoms. The van der Waals surface area contributed by atoms with Crippen molar-refractivity contribution in [1.29, 1.82) is 0 Å². The van der Waals surface area contributed by atoms with Crippen molar-refractivity contribution in [3.8, 4) is 11.1 Å². The Morgan fingerprint density at radius 2 is 1.75 bits per heavy atom. The van der Waals surface area contributed by atoms with Crippen molar-refractivity contribution in [3.63, 3.8) is 0 Å². The smallest absolute Gasteiger partial charge is 0.337 e. The molecule has 1 aliphatic rings. The number of halogens is 1. The van der Waals surface area contributed by atoms with E-state index in [1.54, 1.807) is 12.1 Å². The van der Waals surface area contributed by atoms with Crippen molar-refractivity contribution < 1.29 is 19.0 Å². The Kier molecular flexibility index (Phi) is 7.35. The lowest BCUT2D eigenvalue weighted by molar-refractivity contribution is -0.160. The van der Waals surface area contributed by atoms with Gasteiger partial charge in [-0.3, -0.25) is 4.90 Å². The predicted molar refractivity (Wildman–Crippen MR) is 142 cm³/mol. The minimum Gasteiger partial charge on any atom is -0.479 e. The van der Waals surface area contributed by atoms with E-state index in [9.17, 15) is 14.3 Å². The van der Waals surface area contributed by atoms with Gasteiger partial charge in [-0.05, 0) is 99.0 Å². The zero-order valence-corrected chi connectivity index (χ0v) is 22.1. The second kappa shape index (κ2) is 10.2. The van der Waals surface area contributed by atoms with Crippen LogP contribution in [0.2, 0.25) is 0 Å². The van der Waals surface area contributed by atoms with E-state index < -0.39 is 17.7 Å². The summed E-state index contributed by atoms with van der Waals surface area (Å²) in [5, 5.41) is 10.3. The highest BCUT2D eigenvalue weighted by Gasteiger charge is 2.34. The molecular weight excluding hydrogens is 453 g/mol. The maximum atomic E-state index is 13.8. The first-order chi connectivity index (χ1) is 16.9. The number of carboxylic acid groups (broad SMARTS) is 1. The summed E-state index contributed by atoms with van der Waals surface area (Å²) in [5.74, 6) is -1.20. The van der Waals surface area contributed by atoms with Crippen LogP contribution in [0.1, 0.15) is 65.8 Å². The fourth-order valence-corrected chi connectivity index (χ4v) is 5.32. The summed E-state index contributed by atoms with van der Waals surface area (Å²) in [6.45, 7) is 14.1. The lowest BCUT2D eigenvalue weighted by Crippen LogP contribution is -2.33. The average molecular weight is 490 g/mol. The van der Waals surface area contributed by atoms with E-state index in [1.807, 2.05) is 40.7 Å². The minimum absolute atomic E-state index is 0.221. The van der Waals surface area contributed by atoms with Gasteiger partial charge in [0.25, 0.3) is 0 Å². The molecule has 0 fully saturated rings. The van der Waals surface area contributed by atoms with Crippen molar-refractivity contribution >= 4 is 5.97 Å². The molecule has 0 saturated heterocycles. The van der Waals surface area contributed by atoms with E-state index in [0.29, 0.717) is 6.54 Å². The summed E-state index contributed by atoms with van der Waals surface area (Å²) < 4.78 is 19.9. The Labute approximate surface area is 213 Å². The Hall–Kier alpha value is -3.02. The number of fused-ring (bicyclic) bond motifs is 1. The number of hydrogen-bond acceptors (Lipinski definition) is 3. The number of aryl methyl sites for hydroxylation is 1. The number of carbonyl (C=O) groups is 1. The van der Waals surface area contributed by atoms with Crippen LogP contribution >= 0.6 is 0 Å². The van der Waals surface area contributed by atoms with Gasteiger partial charge in [0.2, 0.25) is 0 Å². The molecule has 0 bridgehead atoms. The van der Waals surface area contributed by atoms with Crippen LogP contribution in [0.5, 0.6) is 0 Å². The van der Waals surface area contributed by atoms with Gasteiger partial charge in [0.15, 0.2) is 6.10 Å². The van der Waals surface area contributed by atoms with Gasteiger partial charge in [-0.1, -0.05) is 42.0 Å². The minimum atomic E-state index is -1.07. The molecule has 5 heteroatoms. The van der Waals surface area contributed by atoms with E-state index >= 15 is 0 Å². The molecule has 36 heavy (non-hydrogen) atoms. The van der Waals surface area contributed by atoms with E-state index in [-0.39, 0.29) is 5.82 Å². The Balaban J connectivity index is 1.86. The van der Waals surface area contributed by atoms with Gasteiger partial charge in [0.1, 0.15) is 5.82 Å². The van der Waals surface area contributed by atoms with Crippen LogP contribution in [0, 0.1) is 26.6 Å². The fourth-order valence-electron chi connectivity index (χ4n) is 5.32. The van der Waals surface area contributed by atoms with Crippen LogP contribution in [-0.4, -0.2) is 28.1 Å². The molecule has 4 nitrogen and oxygen atoms in total. The van der Waals surface area contributed by atoms with Crippen molar-refractivity contribution in [2.45, 2.75) is 72.8 Å². The number of hydrogen-bond donors (Lipinski definition) is 1. The quantitative estimate of drug-likeness (QED) is 0.408. The number of nitrogens with zero attached hydrogens (tertiary/aromatic N) is 1. The molecule has 4 rings (SSSR count). The maximum Gasteiger partial charge on any atom is 0.337 e. The standard InChI is InChI=1S/C31H36FNO3/c1-19-10-12-23(13-11-19)27-21(3)26-18-33(17-22-8-7-9-24(32)16-22)15-14-25(26)20(2)28(27)29(30(34)35)36-31(4,5)6/h7-13,16,29H,14-15,17-18H2,1-6H3,(H,34,35). The summed E-state index contributed by atoms with van der Waals surface area (Å²) in [6, 6.07) is 15.0. The molecule has 0 saturated carbocycles. The van der Waals surface area contributed by atoms with E-state index in [1.165, 1.54) is 17.2 Å². The van der Waals surface area contributed by atoms with Gasteiger partial charge in [-0.25, -0.2) is 9.18 Å². The highest BCUT2D eigenvalue weighted by molar-refractivity contribution is 5.84. The molecule has 1 aliphatic heterocycles. The Morgan fingerprint density at radius 3 is 2.36 bits per heavy atom. The molecule has 1 atom stereocenters. The van der Waals surface area contributed by atoms with E-state index in [4.69, 9.17) is 4.74 Å². The predicted octanol–water partition coefficient (Wildman–Crippen LogP) is 6.92. The molecule has 190 valence electrons. The summed E-state index contributed by atoms with van der Waals surface area (Å²) >= 11 is 0. The van der Waals surface area contributed by atoms with Crippen molar-refractivity contribution in [2.75, 3.05) is 6.54 Å². The molecule has 0 radical (unpaired) electrons. The van der Waals surface area contributed by atoms with Crippen LogP contribution in [0.15, 0.2) is 48.5 Å². The lowest BCUT2D eigenvalue weighted by atomic mass is 9.80. The summed E-state index contributed by atoms with van der Waals surface area (Å²) in [6.07, 6.45) is -0.268. The second-order valence-electron chi connectivity index (χ2n) is 10.9. The highest BCUT2D eigenvalue weighted by atomic mass is 19.1. The van der Waals surface area contributed by atoms with Crippen LogP contribution < -0.4 is 0 Å². The van der Waals surface area contributed by atoms with Gasteiger partial charge in [-0.15, -0.1) is 0 Å². The second-order valence-corrected chi connectivity index (χ2v) is 10.9. The third kappa shape index (κ3) is 5.53. The number of benzene rings is 3. The van der Waals surface area contributed by atoms with Gasteiger partial charge < -0.3 is 9.84 Å². The van der Waals surface area contributed by atoms with Gasteiger partial charge in [0, 0.05) is 25.2 Å². The zero-order chi connectivity index (χ0) is 26.2. The molecule has 0 amide bonds. The molecular formula is C31H36FNO3. The van der Waals surface area contributed by atoms with E-state index in [0.717, 1.165) is 58.5 Å². The normalized spacial score (nSPS) is 15.0. The number of carboxylic acids is 1. The molecule has 3 aromatic carbocycles. The molecule has 0 aliphatic carbocycles. The lowest BCUT2D eigenvalue weighted by Gasteiger charge is -2.35. The summed E-state index contributed by atoms with van der Waals surface area (Å²) in [4.78, 5) is 14.9. The van der Waals surface area contributed by atoms with Crippen molar-refractivity contribution in [3.05, 3.63) is 93.3 Å². The number of rotatable bonds is 6. The SMILES string of the molecule is Cc1ccc(-c2c(C)c3c(c(C)c2C(OC(C)(C)C)C(=O)O)CCN(Cc2cccc(F)c2)C3)cc1. The number of ether oxygens (including phenoxy) is 1. The van der Waals surface area contributed by atoms with E-state index in [2.05, 4.69) is 36.1 Å². The van der Waals surface area contributed by atoms with Crippen LogP contribution in [0.3, 0.4) is 0 Å². The highest BCUT2D eigenvalue weighted by Crippen LogP contribution is 2.42. The van der Waals surface area contributed by atoms with Gasteiger partial charge in [0.05, 0.1) is 5.60 Å². The maximum absolute atomic E-state index is 13.8. The summed E-state index contributed by atoms with van der Waals surface area (Å²) in [7, 11) is 0. The Morgan fingerprint density at radius 1 is 1.06 bits per heavy atom. The first-order valence-electron chi connectivity index (χ1n) is 12.5. The van der Waals surface area contributed by atoms with Crippen molar-refractivity contribution in [2.24, 2.45) is 0 Å². The Bertz CT molecular complexity index is 1270. The van der Waals surface area contributed by atoms with Crippen LogP contribution in [-0.2, 0) is 29.0 Å². The molecule has 3 aromatic rings. The monoisotopic (exact) mass is 489 g/mol. The summed E-state index contributed by atoms with van der Waals surface area (Å²) in [5.41, 5.74) is 8.67. The zero-order valence-electron chi connectivity index (χ0n) is 22.1. The fraction of sp³-hybridized carbons (Fsp3) is 0.387. The van der Waals surface area contributed by atoms with Gasteiger partial charge >= 0.3 is 5.97 Å². The number of aliphatic carboxylic acids is 1. The molecule has 1 heterocycles. The van der Waals surface area contributed by atoms with Gasteiger partial charge in [-0.2, -0.15) is 0 Å². The van der Waals surface area contributed by atoms with Crippen molar-refractivity contribution in [1.82, 2.24) is 4.90 Å². The third-order valence-corrected chi connectivity index (χ3v) is 6.97. The van der Waals surface area contributed by atoms with Crippen LogP contribution in [0.4, 0.5) is 4.39 Å². The largest absolute Gasteiger partial charge is 0.479 e. The van der Waals surface area contributed by atoms with Crippen LogP contribution in [0.25, 0.3) is 11.1 Å². The average Bonchev–Trinajstić information content (AvgIpc) is 2.80. The first kappa shape index (κ1) is 26.1. The molecule has 1 unspecified atom stereocenters. The first-order valence-corrected chi connectivity index (χ1v) is 12.5. The molecule has 0 aromatic heterocycles. The third-order valence-electron chi connectivity index (χ3n) is 6.97. The topological polar surface area (TPSA) is 49.8 Å². The molecule has 1 N–H and O–H groups in total.